The second kappa shape index (κ2) is 6.84. The third-order valence-corrected chi connectivity index (χ3v) is 5.41. The van der Waals surface area contributed by atoms with Gasteiger partial charge >= 0.3 is 5.97 Å². The van der Waals surface area contributed by atoms with E-state index in [4.69, 9.17) is 5.11 Å². The Balaban J connectivity index is 1.68. The van der Waals surface area contributed by atoms with Gasteiger partial charge < -0.3 is 14.9 Å². The highest BCUT2D eigenvalue weighted by atomic mass is 32.2. The molecule has 0 spiro atoms. The Hall–Kier alpha value is -2.02. The lowest BCUT2D eigenvalue weighted by Gasteiger charge is -2.21. The molecule has 2 heterocycles. The molecule has 0 aliphatic carbocycles. The number of carbonyl (C=O) groups is 3. The van der Waals surface area contributed by atoms with Gasteiger partial charge in [-0.1, -0.05) is 6.07 Å². The van der Waals surface area contributed by atoms with Gasteiger partial charge in [0.25, 0.3) is 0 Å². The molecule has 1 N–H and O–H groups in total. The summed E-state index contributed by atoms with van der Waals surface area (Å²) in [4.78, 5) is 40.3. The van der Waals surface area contributed by atoms with Crippen LogP contribution in [0.5, 0.6) is 0 Å². The van der Waals surface area contributed by atoms with Crippen LogP contribution in [-0.4, -0.2) is 53.7 Å². The number of thioether (sulfide) groups is 1. The molecule has 2 unspecified atom stereocenters. The number of hydrogen-bond donors (Lipinski definition) is 1. The zero-order valence-corrected chi connectivity index (χ0v) is 14.3. The van der Waals surface area contributed by atoms with E-state index in [-0.39, 0.29) is 30.7 Å². The summed E-state index contributed by atoms with van der Waals surface area (Å²) in [6, 6.07) is 7.71. The van der Waals surface area contributed by atoms with E-state index in [1.165, 1.54) is 0 Å². The predicted molar refractivity (Wildman–Crippen MR) is 91.0 cm³/mol. The number of benzene rings is 1. The van der Waals surface area contributed by atoms with Gasteiger partial charge in [0.1, 0.15) is 0 Å². The summed E-state index contributed by atoms with van der Waals surface area (Å²) in [5, 5.41) is 9.06. The highest BCUT2D eigenvalue weighted by Gasteiger charge is 2.40. The molecule has 6 nitrogen and oxygen atoms in total. The van der Waals surface area contributed by atoms with Gasteiger partial charge in [0.2, 0.25) is 11.8 Å². The maximum absolute atomic E-state index is 12.6. The van der Waals surface area contributed by atoms with Crippen LogP contribution in [0.15, 0.2) is 29.2 Å². The molecule has 1 aromatic rings. The second-order valence-electron chi connectivity index (χ2n) is 6.21. The van der Waals surface area contributed by atoms with Crippen LogP contribution < -0.4 is 4.90 Å². The summed E-state index contributed by atoms with van der Waals surface area (Å²) in [7, 11) is 0. The molecule has 0 aromatic heterocycles. The summed E-state index contributed by atoms with van der Waals surface area (Å²) < 4.78 is 0. The molecular formula is C17H20N2O4S. The first-order valence-electron chi connectivity index (χ1n) is 7.95. The van der Waals surface area contributed by atoms with Gasteiger partial charge in [-0.3, -0.25) is 14.4 Å². The molecule has 0 saturated carbocycles. The van der Waals surface area contributed by atoms with Crippen LogP contribution in [0.4, 0.5) is 5.69 Å². The van der Waals surface area contributed by atoms with Crippen molar-refractivity contribution in [1.82, 2.24) is 4.90 Å². The molecule has 0 radical (unpaired) electrons. The largest absolute Gasteiger partial charge is 0.481 e. The van der Waals surface area contributed by atoms with Crippen molar-refractivity contribution < 1.29 is 19.5 Å². The Morgan fingerprint density at radius 1 is 1.25 bits per heavy atom. The number of carboxylic acid groups (broad SMARTS) is 1. The third kappa shape index (κ3) is 3.26. The molecule has 3 rings (SSSR count). The van der Waals surface area contributed by atoms with E-state index in [1.807, 2.05) is 30.5 Å². The van der Waals surface area contributed by atoms with E-state index >= 15 is 0 Å². The van der Waals surface area contributed by atoms with Crippen LogP contribution in [-0.2, 0) is 14.4 Å². The maximum Gasteiger partial charge on any atom is 0.308 e. The highest BCUT2D eigenvalue weighted by molar-refractivity contribution is 7.98. The van der Waals surface area contributed by atoms with E-state index in [1.54, 1.807) is 21.6 Å². The Morgan fingerprint density at radius 3 is 2.71 bits per heavy atom. The lowest BCUT2D eigenvalue weighted by molar-refractivity contribution is -0.141. The second-order valence-corrected chi connectivity index (χ2v) is 7.09. The van der Waals surface area contributed by atoms with Crippen molar-refractivity contribution in [2.75, 3.05) is 30.8 Å². The van der Waals surface area contributed by atoms with E-state index in [2.05, 4.69) is 0 Å². The van der Waals surface area contributed by atoms with Gasteiger partial charge in [-0.05, 0) is 30.9 Å². The zero-order valence-electron chi connectivity index (χ0n) is 13.5. The van der Waals surface area contributed by atoms with Crippen LogP contribution in [0, 0.1) is 11.8 Å². The van der Waals surface area contributed by atoms with Crippen molar-refractivity contribution in [3.63, 3.8) is 0 Å². The smallest absolute Gasteiger partial charge is 0.308 e. The molecule has 7 heteroatoms. The van der Waals surface area contributed by atoms with Crippen molar-refractivity contribution in [2.24, 2.45) is 11.8 Å². The minimum Gasteiger partial charge on any atom is -0.481 e. The molecule has 2 saturated heterocycles. The Morgan fingerprint density at radius 2 is 2.04 bits per heavy atom. The van der Waals surface area contributed by atoms with Crippen molar-refractivity contribution in [2.45, 2.75) is 17.7 Å². The van der Waals surface area contributed by atoms with Crippen molar-refractivity contribution in [1.29, 1.82) is 0 Å². The van der Waals surface area contributed by atoms with Gasteiger partial charge in [0.05, 0.1) is 11.8 Å². The SMILES string of the molecule is CSc1cccc(N2CC(C(=O)N3CCC(C(=O)O)C3)CC2=O)c1. The minimum atomic E-state index is -0.858. The molecule has 2 fully saturated rings. The number of rotatable bonds is 4. The number of anilines is 1. The standard InChI is InChI=1S/C17H20N2O4S/c1-24-14-4-2-3-13(8-14)19-10-12(7-15(19)20)16(21)18-6-5-11(9-18)17(22)23/h2-4,8,11-12H,5-7,9-10H2,1H3,(H,22,23). The van der Waals surface area contributed by atoms with Crippen molar-refractivity contribution >= 4 is 35.2 Å². The summed E-state index contributed by atoms with van der Waals surface area (Å²) in [5.41, 5.74) is 0.812. The van der Waals surface area contributed by atoms with Crippen molar-refractivity contribution in [3.05, 3.63) is 24.3 Å². The fraction of sp³-hybridized carbons (Fsp3) is 0.471. The summed E-state index contributed by atoms with van der Waals surface area (Å²) in [6.45, 7) is 1.08. The van der Waals surface area contributed by atoms with E-state index in [0.29, 0.717) is 19.5 Å². The van der Waals surface area contributed by atoms with Gasteiger partial charge in [-0.25, -0.2) is 0 Å². The van der Waals surface area contributed by atoms with E-state index in [9.17, 15) is 14.4 Å². The first kappa shape index (κ1) is 16.8. The summed E-state index contributed by atoms with van der Waals surface area (Å²) in [6.07, 6.45) is 2.65. The quantitative estimate of drug-likeness (QED) is 0.838. The Labute approximate surface area is 144 Å². The molecule has 2 amide bonds. The molecule has 128 valence electrons. The number of nitrogens with zero attached hydrogens (tertiary/aromatic N) is 2. The zero-order chi connectivity index (χ0) is 17.3. The first-order chi connectivity index (χ1) is 11.5. The molecule has 1 aromatic carbocycles. The number of amides is 2. The normalized spacial score (nSPS) is 23.8. The average molecular weight is 348 g/mol. The fourth-order valence-electron chi connectivity index (χ4n) is 3.32. The minimum absolute atomic E-state index is 0.0550. The number of carboxylic acids is 1. The average Bonchev–Trinajstić information content (AvgIpc) is 3.21. The number of aliphatic carboxylic acids is 1. The first-order valence-corrected chi connectivity index (χ1v) is 9.18. The van der Waals surface area contributed by atoms with E-state index < -0.39 is 11.9 Å². The monoisotopic (exact) mass is 348 g/mol. The van der Waals surface area contributed by atoms with Crippen LogP contribution in [0.3, 0.4) is 0 Å². The molecular weight excluding hydrogens is 328 g/mol. The number of hydrogen-bond acceptors (Lipinski definition) is 4. The van der Waals surface area contributed by atoms with Gasteiger partial charge in [0, 0.05) is 36.6 Å². The predicted octanol–water partition coefficient (Wildman–Crippen LogP) is 1.69. The van der Waals surface area contributed by atoms with Gasteiger partial charge in [-0.2, -0.15) is 0 Å². The van der Waals surface area contributed by atoms with Gasteiger partial charge in [0.15, 0.2) is 0 Å². The molecule has 2 atom stereocenters. The van der Waals surface area contributed by atoms with Crippen molar-refractivity contribution in [3.8, 4) is 0 Å². The lowest BCUT2D eigenvalue weighted by Crippen LogP contribution is -2.36. The molecule has 24 heavy (non-hydrogen) atoms. The number of carbonyl (C=O) groups excluding carboxylic acids is 2. The Kier molecular flexibility index (Phi) is 4.80. The van der Waals surface area contributed by atoms with Crippen LogP contribution in [0.1, 0.15) is 12.8 Å². The van der Waals surface area contributed by atoms with Gasteiger partial charge in [-0.15, -0.1) is 11.8 Å². The lowest BCUT2D eigenvalue weighted by atomic mass is 10.1. The maximum atomic E-state index is 12.6. The molecule has 2 aliphatic rings. The number of likely N-dealkylation sites (tertiary alicyclic amines) is 1. The Bertz CT molecular complexity index is 678. The third-order valence-electron chi connectivity index (χ3n) is 4.69. The summed E-state index contributed by atoms with van der Waals surface area (Å²) >= 11 is 1.60. The van der Waals surface area contributed by atoms with Crippen LogP contribution in [0.25, 0.3) is 0 Å². The summed E-state index contributed by atoms with van der Waals surface area (Å²) in [5.74, 6) is -1.89. The molecule has 0 bridgehead atoms. The fourth-order valence-corrected chi connectivity index (χ4v) is 3.77. The van der Waals surface area contributed by atoms with Crippen LogP contribution >= 0.6 is 11.8 Å². The molecule has 2 aliphatic heterocycles. The topological polar surface area (TPSA) is 77.9 Å². The van der Waals surface area contributed by atoms with Crippen LogP contribution in [0.2, 0.25) is 0 Å². The van der Waals surface area contributed by atoms with E-state index in [0.717, 1.165) is 10.6 Å². The highest BCUT2D eigenvalue weighted by Crippen LogP contribution is 2.30.